The Balaban J connectivity index is 2.99. The monoisotopic (exact) mass is 292 g/mol. The maximum absolute atomic E-state index is 12.3. The van der Waals surface area contributed by atoms with Crippen molar-refractivity contribution in [2.45, 2.75) is 39.2 Å². The zero-order chi connectivity index (χ0) is 15.3. The van der Waals surface area contributed by atoms with Gasteiger partial charge in [-0.15, -0.1) is 13.2 Å². The zero-order valence-electron chi connectivity index (χ0n) is 11.0. The summed E-state index contributed by atoms with van der Waals surface area (Å²) >= 11 is 0. The van der Waals surface area contributed by atoms with Crippen LogP contribution in [-0.4, -0.2) is 23.5 Å². The minimum atomic E-state index is -4.84. The molecule has 1 rings (SSSR count). The van der Waals surface area contributed by atoms with Crippen LogP contribution < -0.4 is 9.47 Å². The molecule has 0 aromatic heterocycles. The fourth-order valence-electron chi connectivity index (χ4n) is 1.55. The van der Waals surface area contributed by atoms with E-state index in [1.54, 1.807) is 13.8 Å². The van der Waals surface area contributed by atoms with Crippen LogP contribution in [0, 0.1) is 0 Å². The van der Waals surface area contributed by atoms with Crippen LogP contribution in [0.15, 0.2) is 18.2 Å². The van der Waals surface area contributed by atoms with Gasteiger partial charge in [0.25, 0.3) is 0 Å². The number of carboxylic acid groups (broad SMARTS) is 1. The van der Waals surface area contributed by atoms with Crippen molar-refractivity contribution in [3.05, 3.63) is 23.8 Å². The second kappa shape index (κ2) is 6.49. The van der Waals surface area contributed by atoms with Gasteiger partial charge in [0, 0.05) is 12.5 Å². The summed E-state index contributed by atoms with van der Waals surface area (Å²) in [6.45, 7) is 3.48. The Hall–Kier alpha value is -1.92. The van der Waals surface area contributed by atoms with E-state index in [1.165, 1.54) is 12.1 Å². The quantitative estimate of drug-likeness (QED) is 0.873. The van der Waals surface area contributed by atoms with Crippen LogP contribution in [0.5, 0.6) is 11.5 Å². The Labute approximate surface area is 114 Å². The van der Waals surface area contributed by atoms with Gasteiger partial charge in [0.05, 0.1) is 6.10 Å². The second-order valence-electron chi connectivity index (χ2n) is 4.38. The molecule has 0 bridgehead atoms. The lowest BCUT2D eigenvalue weighted by atomic mass is 10.1. The molecule has 0 aliphatic carbocycles. The number of carboxylic acids is 1. The summed E-state index contributed by atoms with van der Waals surface area (Å²) in [5, 5.41) is 8.58. The molecule has 1 aromatic rings. The number of carbonyl (C=O) groups is 1. The van der Waals surface area contributed by atoms with E-state index in [-0.39, 0.29) is 30.3 Å². The molecule has 112 valence electrons. The van der Waals surface area contributed by atoms with Crippen LogP contribution >= 0.6 is 0 Å². The minimum absolute atomic E-state index is 0.0529. The molecule has 7 heteroatoms. The van der Waals surface area contributed by atoms with Gasteiger partial charge in [-0.25, -0.2) is 0 Å². The predicted molar refractivity (Wildman–Crippen MR) is 64.8 cm³/mol. The van der Waals surface area contributed by atoms with Gasteiger partial charge in [-0.05, 0) is 31.9 Å². The third-order valence-electron chi connectivity index (χ3n) is 2.24. The number of alkyl halides is 3. The smallest absolute Gasteiger partial charge is 0.491 e. The van der Waals surface area contributed by atoms with Crippen molar-refractivity contribution in [1.82, 2.24) is 0 Å². The molecule has 0 unspecified atom stereocenters. The molecule has 4 nitrogen and oxygen atoms in total. The Morgan fingerprint density at radius 3 is 2.50 bits per heavy atom. The van der Waals surface area contributed by atoms with Gasteiger partial charge in [-0.2, -0.15) is 0 Å². The van der Waals surface area contributed by atoms with Gasteiger partial charge in [0.15, 0.2) is 0 Å². The maximum atomic E-state index is 12.3. The number of hydrogen-bond acceptors (Lipinski definition) is 3. The van der Waals surface area contributed by atoms with Crippen molar-refractivity contribution < 1.29 is 32.5 Å². The number of aryl methyl sites for hydroxylation is 1. The van der Waals surface area contributed by atoms with Crippen LogP contribution in [0.3, 0.4) is 0 Å². The lowest BCUT2D eigenvalue weighted by molar-refractivity contribution is -0.274. The zero-order valence-corrected chi connectivity index (χ0v) is 11.0. The highest BCUT2D eigenvalue weighted by molar-refractivity contribution is 5.67. The number of halogens is 3. The Bertz CT molecular complexity index is 469. The minimum Gasteiger partial charge on any atom is -0.491 e. The number of benzene rings is 1. The molecule has 0 aliphatic rings. The van der Waals surface area contributed by atoms with E-state index in [2.05, 4.69) is 4.74 Å². The van der Waals surface area contributed by atoms with Crippen molar-refractivity contribution in [3.63, 3.8) is 0 Å². The highest BCUT2D eigenvalue weighted by Crippen LogP contribution is 2.31. The number of hydrogen-bond donors (Lipinski definition) is 1. The molecule has 0 fully saturated rings. The van der Waals surface area contributed by atoms with Gasteiger partial charge >= 0.3 is 12.3 Å². The van der Waals surface area contributed by atoms with E-state index in [9.17, 15) is 18.0 Å². The molecular weight excluding hydrogens is 277 g/mol. The Kier molecular flexibility index (Phi) is 5.24. The molecule has 0 saturated heterocycles. The Morgan fingerprint density at radius 2 is 2.00 bits per heavy atom. The fraction of sp³-hybridized carbons (Fsp3) is 0.462. The van der Waals surface area contributed by atoms with Crippen LogP contribution in [0.4, 0.5) is 13.2 Å². The first-order chi connectivity index (χ1) is 9.17. The number of aliphatic carboxylic acids is 1. The van der Waals surface area contributed by atoms with Gasteiger partial charge in [0.2, 0.25) is 0 Å². The van der Waals surface area contributed by atoms with Crippen LogP contribution in [-0.2, 0) is 11.2 Å². The lowest BCUT2D eigenvalue weighted by Gasteiger charge is -2.16. The summed E-state index contributed by atoms with van der Waals surface area (Å²) < 4.78 is 46.2. The average molecular weight is 292 g/mol. The number of rotatable bonds is 6. The topological polar surface area (TPSA) is 55.8 Å². The van der Waals surface area contributed by atoms with Crippen molar-refractivity contribution in [3.8, 4) is 11.5 Å². The first-order valence-electron chi connectivity index (χ1n) is 5.94. The van der Waals surface area contributed by atoms with Crippen LogP contribution in [0.25, 0.3) is 0 Å². The molecule has 0 atom stereocenters. The third kappa shape index (κ3) is 5.81. The summed E-state index contributed by atoms with van der Waals surface area (Å²) in [7, 11) is 0. The van der Waals surface area contributed by atoms with E-state index in [1.807, 2.05) is 0 Å². The number of ether oxygens (including phenoxy) is 2. The van der Waals surface area contributed by atoms with Crippen molar-refractivity contribution in [2.24, 2.45) is 0 Å². The predicted octanol–water partition coefficient (Wildman–Crippen LogP) is 3.39. The standard InChI is InChI=1S/C13H15F3O4/c1-8(2)19-10-5-3-9(4-6-12(17)18)11(7-10)20-13(14,15)16/h3,5,7-8H,4,6H2,1-2H3,(H,17,18). The largest absolute Gasteiger partial charge is 0.573 e. The molecule has 20 heavy (non-hydrogen) atoms. The summed E-state index contributed by atoms with van der Waals surface area (Å²) in [5.74, 6) is -1.29. The van der Waals surface area contributed by atoms with E-state index in [0.717, 1.165) is 6.07 Å². The normalized spacial score (nSPS) is 11.5. The van der Waals surface area contributed by atoms with Crippen LogP contribution in [0.1, 0.15) is 25.8 Å². The van der Waals surface area contributed by atoms with Crippen molar-refractivity contribution in [2.75, 3.05) is 0 Å². The molecular formula is C13H15F3O4. The summed E-state index contributed by atoms with van der Waals surface area (Å²) in [4.78, 5) is 10.5. The summed E-state index contributed by atoms with van der Waals surface area (Å²) in [6.07, 6.45) is -5.37. The van der Waals surface area contributed by atoms with Gasteiger partial charge in [-0.3, -0.25) is 4.79 Å². The highest BCUT2D eigenvalue weighted by Gasteiger charge is 2.32. The molecule has 0 amide bonds. The third-order valence-corrected chi connectivity index (χ3v) is 2.24. The Morgan fingerprint density at radius 1 is 1.35 bits per heavy atom. The molecule has 0 heterocycles. The van der Waals surface area contributed by atoms with Gasteiger partial charge in [-0.1, -0.05) is 6.07 Å². The fourth-order valence-corrected chi connectivity index (χ4v) is 1.55. The molecule has 0 radical (unpaired) electrons. The molecule has 0 spiro atoms. The maximum Gasteiger partial charge on any atom is 0.573 e. The first kappa shape index (κ1) is 16.1. The molecule has 1 aromatic carbocycles. The molecule has 0 saturated carbocycles. The van der Waals surface area contributed by atoms with E-state index >= 15 is 0 Å². The summed E-state index contributed by atoms with van der Waals surface area (Å²) in [6, 6.07) is 3.98. The van der Waals surface area contributed by atoms with Gasteiger partial charge in [0.1, 0.15) is 11.5 Å². The average Bonchev–Trinajstić information content (AvgIpc) is 2.24. The lowest BCUT2D eigenvalue weighted by Crippen LogP contribution is -2.18. The first-order valence-corrected chi connectivity index (χ1v) is 5.94. The van der Waals surface area contributed by atoms with Crippen molar-refractivity contribution in [1.29, 1.82) is 0 Å². The molecule has 1 N–H and O–H groups in total. The van der Waals surface area contributed by atoms with Crippen LogP contribution in [0.2, 0.25) is 0 Å². The molecule has 0 aliphatic heterocycles. The van der Waals surface area contributed by atoms with Crippen molar-refractivity contribution >= 4 is 5.97 Å². The SMILES string of the molecule is CC(C)Oc1ccc(CCC(=O)O)c(OC(F)(F)F)c1. The second-order valence-corrected chi connectivity index (χ2v) is 4.38. The van der Waals surface area contributed by atoms with Gasteiger partial charge < -0.3 is 14.6 Å². The van der Waals surface area contributed by atoms with E-state index < -0.39 is 18.1 Å². The summed E-state index contributed by atoms with van der Waals surface area (Å²) in [5.41, 5.74) is 0.167. The van der Waals surface area contributed by atoms with E-state index in [0.29, 0.717) is 0 Å². The van der Waals surface area contributed by atoms with E-state index in [4.69, 9.17) is 9.84 Å². The highest BCUT2D eigenvalue weighted by atomic mass is 19.4.